The molecule has 0 radical (unpaired) electrons. The lowest BCUT2D eigenvalue weighted by Gasteiger charge is -2.10. The van der Waals surface area contributed by atoms with Gasteiger partial charge in [-0.2, -0.15) is 4.98 Å². The van der Waals surface area contributed by atoms with Gasteiger partial charge in [-0.25, -0.2) is 4.98 Å². The summed E-state index contributed by atoms with van der Waals surface area (Å²) in [6, 6.07) is 0. The minimum Gasteiger partial charge on any atom is -0.364 e. The highest BCUT2D eigenvalue weighted by molar-refractivity contribution is 5.60. The highest BCUT2D eigenvalue weighted by Crippen LogP contribution is 2.26. The Kier molecular flexibility index (Phi) is 4.82. The van der Waals surface area contributed by atoms with Crippen LogP contribution in [0.4, 0.5) is 17.5 Å². The van der Waals surface area contributed by atoms with E-state index in [0.29, 0.717) is 24.1 Å². The Morgan fingerprint density at radius 1 is 1.39 bits per heavy atom. The van der Waals surface area contributed by atoms with Crippen LogP contribution in [0.15, 0.2) is 0 Å². The van der Waals surface area contributed by atoms with E-state index in [2.05, 4.69) is 34.4 Å². The Labute approximate surface area is 106 Å². The predicted molar refractivity (Wildman–Crippen MR) is 70.9 cm³/mol. The first-order valence-corrected chi connectivity index (χ1v) is 5.90. The van der Waals surface area contributed by atoms with Crippen LogP contribution in [0.2, 0.25) is 0 Å². The van der Waals surface area contributed by atoms with E-state index >= 15 is 0 Å². The van der Waals surface area contributed by atoms with Gasteiger partial charge in [-0.05, 0) is 19.3 Å². The van der Waals surface area contributed by atoms with Gasteiger partial charge in [-0.1, -0.05) is 13.8 Å². The summed E-state index contributed by atoms with van der Waals surface area (Å²) in [5, 5.41) is 16.8. The molecule has 0 saturated carbocycles. The lowest BCUT2D eigenvalue weighted by atomic mass is 10.1. The molecule has 7 nitrogen and oxygen atoms in total. The third kappa shape index (κ3) is 3.54. The minimum atomic E-state index is -0.452. The monoisotopic (exact) mass is 253 g/mol. The minimum absolute atomic E-state index is 0.0576. The van der Waals surface area contributed by atoms with Gasteiger partial charge in [0.1, 0.15) is 5.69 Å². The van der Waals surface area contributed by atoms with Gasteiger partial charge < -0.3 is 10.6 Å². The molecule has 0 atom stereocenters. The first-order chi connectivity index (χ1) is 8.45. The van der Waals surface area contributed by atoms with Crippen LogP contribution in [-0.4, -0.2) is 28.5 Å². The first-order valence-electron chi connectivity index (χ1n) is 5.90. The molecule has 0 unspecified atom stereocenters. The van der Waals surface area contributed by atoms with E-state index in [0.717, 1.165) is 6.42 Å². The van der Waals surface area contributed by atoms with E-state index in [9.17, 15) is 10.1 Å². The summed E-state index contributed by atoms with van der Waals surface area (Å²) in [7, 11) is 1.68. The second-order valence-electron chi connectivity index (χ2n) is 4.45. The van der Waals surface area contributed by atoms with Crippen LogP contribution in [0, 0.1) is 23.0 Å². The van der Waals surface area contributed by atoms with Crippen molar-refractivity contribution in [3.05, 3.63) is 15.8 Å². The molecule has 0 amide bonds. The third-order valence-electron chi connectivity index (χ3n) is 2.48. The molecule has 0 aliphatic carbocycles. The number of aromatic nitrogens is 2. The zero-order valence-electron chi connectivity index (χ0n) is 11.1. The fourth-order valence-electron chi connectivity index (χ4n) is 1.50. The second kappa shape index (κ2) is 6.13. The van der Waals surface area contributed by atoms with Gasteiger partial charge in [0.05, 0.1) is 4.92 Å². The molecule has 2 N–H and O–H groups in total. The molecule has 0 saturated heterocycles. The maximum atomic E-state index is 11.0. The molecule has 1 aromatic heterocycles. The smallest absolute Gasteiger partial charge is 0.332 e. The Morgan fingerprint density at radius 3 is 2.56 bits per heavy atom. The van der Waals surface area contributed by atoms with Crippen molar-refractivity contribution in [1.82, 2.24) is 9.97 Å². The van der Waals surface area contributed by atoms with E-state index in [1.165, 1.54) is 0 Å². The van der Waals surface area contributed by atoms with Crippen LogP contribution < -0.4 is 10.6 Å². The van der Waals surface area contributed by atoms with Crippen LogP contribution in [0.5, 0.6) is 0 Å². The van der Waals surface area contributed by atoms with Gasteiger partial charge in [0.25, 0.3) is 0 Å². The third-order valence-corrected chi connectivity index (χ3v) is 2.48. The van der Waals surface area contributed by atoms with Crippen LogP contribution in [0.25, 0.3) is 0 Å². The van der Waals surface area contributed by atoms with Crippen molar-refractivity contribution in [2.24, 2.45) is 5.92 Å². The fraction of sp³-hybridized carbons (Fsp3) is 0.636. The van der Waals surface area contributed by atoms with Crippen molar-refractivity contribution in [2.45, 2.75) is 27.2 Å². The zero-order valence-corrected chi connectivity index (χ0v) is 11.1. The number of nitro groups is 1. The Balaban J connectivity index is 2.98. The molecule has 0 aromatic carbocycles. The molecule has 1 rings (SSSR count). The van der Waals surface area contributed by atoms with E-state index in [1.54, 1.807) is 14.0 Å². The summed E-state index contributed by atoms with van der Waals surface area (Å²) in [6.45, 7) is 6.45. The van der Waals surface area contributed by atoms with Crippen LogP contribution in [-0.2, 0) is 0 Å². The van der Waals surface area contributed by atoms with Gasteiger partial charge in [0.2, 0.25) is 11.8 Å². The van der Waals surface area contributed by atoms with Crippen LogP contribution >= 0.6 is 0 Å². The average Bonchev–Trinajstić information content (AvgIpc) is 2.27. The summed E-state index contributed by atoms with van der Waals surface area (Å²) < 4.78 is 0. The van der Waals surface area contributed by atoms with Gasteiger partial charge in [-0.15, -0.1) is 0 Å². The molecule has 0 bridgehead atoms. The van der Waals surface area contributed by atoms with Crippen molar-refractivity contribution in [2.75, 3.05) is 24.2 Å². The Bertz CT molecular complexity index is 434. The molecular formula is C11H19N5O2. The van der Waals surface area contributed by atoms with Crippen molar-refractivity contribution in [1.29, 1.82) is 0 Å². The molecule has 100 valence electrons. The maximum Gasteiger partial charge on any atom is 0.332 e. The summed E-state index contributed by atoms with van der Waals surface area (Å²) in [5.74, 6) is 1.19. The van der Waals surface area contributed by atoms with Crippen molar-refractivity contribution < 1.29 is 4.92 Å². The molecule has 0 fully saturated rings. The Morgan fingerprint density at radius 2 is 2.06 bits per heavy atom. The van der Waals surface area contributed by atoms with Gasteiger partial charge >= 0.3 is 5.69 Å². The number of hydrogen-bond donors (Lipinski definition) is 2. The summed E-state index contributed by atoms with van der Waals surface area (Å²) in [5.41, 5.74) is 0.296. The SMILES string of the molecule is CNc1nc(C)c([N+](=O)[O-])c(NCCC(C)C)n1. The van der Waals surface area contributed by atoms with E-state index in [4.69, 9.17) is 0 Å². The van der Waals surface area contributed by atoms with Crippen molar-refractivity contribution in [3.8, 4) is 0 Å². The first kappa shape index (κ1) is 14.1. The van der Waals surface area contributed by atoms with E-state index in [-0.39, 0.29) is 11.5 Å². The highest BCUT2D eigenvalue weighted by Gasteiger charge is 2.21. The largest absolute Gasteiger partial charge is 0.364 e. The predicted octanol–water partition coefficient (Wildman–Crippen LogP) is 2.19. The van der Waals surface area contributed by atoms with E-state index < -0.39 is 4.92 Å². The number of aryl methyl sites for hydroxylation is 1. The van der Waals surface area contributed by atoms with Crippen molar-refractivity contribution >= 4 is 17.5 Å². The van der Waals surface area contributed by atoms with Gasteiger partial charge in [-0.3, -0.25) is 10.1 Å². The quantitative estimate of drug-likeness (QED) is 0.596. The number of nitrogens with zero attached hydrogens (tertiary/aromatic N) is 3. The standard InChI is InChI=1S/C11H19N5O2/c1-7(2)5-6-13-10-9(16(17)18)8(3)14-11(12-4)15-10/h7H,5-6H2,1-4H3,(H2,12,13,14,15). The normalized spacial score (nSPS) is 10.5. The van der Waals surface area contributed by atoms with Gasteiger partial charge in [0, 0.05) is 13.6 Å². The van der Waals surface area contributed by atoms with Crippen molar-refractivity contribution in [3.63, 3.8) is 0 Å². The number of anilines is 2. The number of hydrogen-bond acceptors (Lipinski definition) is 6. The molecule has 7 heteroatoms. The lowest BCUT2D eigenvalue weighted by Crippen LogP contribution is -2.11. The van der Waals surface area contributed by atoms with Crippen LogP contribution in [0.3, 0.4) is 0 Å². The second-order valence-corrected chi connectivity index (χ2v) is 4.45. The lowest BCUT2D eigenvalue weighted by molar-refractivity contribution is -0.385. The number of rotatable bonds is 6. The topological polar surface area (TPSA) is 93.0 Å². The molecule has 18 heavy (non-hydrogen) atoms. The fourth-order valence-corrected chi connectivity index (χ4v) is 1.50. The molecule has 1 aromatic rings. The summed E-state index contributed by atoms with van der Waals surface area (Å²) in [4.78, 5) is 18.7. The van der Waals surface area contributed by atoms with Gasteiger partial charge in [0.15, 0.2) is 0 Å². The summed E-state index contributed by atoms with van der Waals surface area (Å²) >= 11 is 0. The number of nitrogens with one attached hydrogen (secondary N) is 2. The van der Waals surface area contributed by atoms with E-state index in [1.807, 2.05) is 0 Å². The zero-order chi connectivity index (χ0) is 13.7. The molecule has 1 heterocycles. The molecule has 0 aliphatic heterocycles. The molecular weight excluding hydrogens is 234 g/mol. The highest BCUT2D eigenvalue weighted by atomic mass is 16.6. The van der Waals surface area contributed by atoms with Crippen LogP contribution in [0.1, 0.15) is 26.0 Å². The average molecular weight is 253 g/mol. The maximum absolute atomic E-state index is 11.0. The molecule has 0 spiro atoms. The summed E-state index contributed by atoms with van der Waals surface area (Å²) in [6.07, 6.45) is 0.926. The Hall–Kier alpha value is -1.92. The molecule has 0 aliphatic rings.